The third kappa shape index (κ3) is 3.14. The molecule has 108 valence electrons. The fourth-order valence-electron chi connectivity index (χ4n) is 1.96. The zero-order chi connectivity index (χ0) is 14.8. The molecule has 0 bridgehead atoms. The second kappa shape index (κ2) is 5.59. The van der Waals surface area contributed by atoms with Gasteiger partial charge in [0.05, 0.1) is 11.6 Å². The first-order chi connectivity index (χ1) is 9.41. The third-order valence-electron chi connectivity index (χ3n) is 2.95. The Bertz CT molecular complexity index is 578. The zero-order valence-electron chi connectivity index (χ0n) is 10.7. The molecule has 20 heavy (non-hydrogen) atoms. The highest BCUT2D eigenvalue weighted by Gasteiger charge is 2.30. The van der Waals surface area contributed by atoms with Gasteiger partial charge in [0.1, 0.15) is 12.2 Å². The minimum absolute atomic E-state index is 0.285. The zero-order valence-corrected chi connectivity index (χ0v) is 10.7. The van der Waals surface area contributed by atoms with Crippen molar-refractivity contribution in [2.75, 3.05) is 0 Å². The van der Waals surface area contributed by atoms with E-state index in [0.29, 0.717) is 11.4 Å². The molecule has 3 N–H and O–H groups in total. The lowest BCUT2D eigenvalue weighted by Crippen LogP contribution is -2.31. The quantitative estimate of drug-likeness (QED) is 0.661. The van der Waals surface area contributed by atoms with Gasteiger partial charge in [-0.25, -0.2) is 10.4 Å². The molecule has 0 amide bonds. The molecule has 8 heteroatoms. The number of benzene rings is 1. The number of hydrogen-bond donors (Lipinski definition) is 2. The van der Waals surface area contributed by atoms with E-state index < -0.39 is 17.8 Å². The van der Waals surface area contributed by atoms with E-state index in [4.69, 9.17) is 5.84 Å². The largest absolute Gasteiger partial charge is 0.416 e. The van der Waals surface area contributed by atoms with Crippen molar-refractivity contribution in [3.8, 4) is 0 Å². The van der Waals surface area contributed by atoms with Crippen LogP contribution in [-0.4, -0.2) is 14.8 Å². The fourth-order valence-corrected chi connectivity index (χ4v) is 1.96. The number of nitrogens with one attached hydrogen (secondary N) is 1. The molecular formula is C12H14F3N5. The van der Waals surface area contributed by atoms with Crippen LogP contribution in [0.2, 0.25) is 0 Å². The van der Waals surface area contributed by atoms with Crippen LogP contribution in [0.1, 0.15) is 23.0 Å². The van der Waals surface area contributed by atoms with E-state index in [1.165, 1.54) is 17.1 Å². The summed E-state index contributed by atoms with van der Waals surface area (Å²) in [5, 5.41) is 3.91. The average Bonchev–Trinajstić information content (AvgIpc) is 2.81. The van der Waals surface area contributed by atoms with Crippen LogP contribution in [0.15, 0.2) is 30.6 Å². The van der Waals surface area contributed by atoms with Gasteiger partial charge in [-0.05, 0) is 18.1 Å². The van der Waals surface area contributed by atoms with Gasteiger partial charge in [0.2, 0.25) is 0 Å². The molecule has 0 fully saturated rings. The Balaban J connectivity index is 2.23. The molecule has 0 spiro atoms. The highest BCUT2D eigenvalue weighted by Crippen LogP contribution is 2.30. The number of nitrogens with two attached hydrogens (primary N) is 1. The van der Waals surface area contributed by atoms with Gasteiger partial charge in [-0.15, -0.1) is 0 Å². The Morgan fingerprint density at radius 1 is 1.40 bits per heavy atom. The summed E-state index contributed by atoms with van der Waals surface area (Å²) in [4.78, 5) is 4.04. The van der Waals surface area contributed by atoms with E-state index in [1.54, 1.807) is 13.1 Å². The van der Waals surface area contributed by atoms with Gasteiger partial charge in [-0.2, -0.15) is 18.3 Å². The number of nitrogens with zero attached hydrogens (tertiary/aromatic N) is 3. The Morgan fingerprint density at radius 2 is 2.15 bits per heavy atom. The van der Waals surface area contributed by atoms with Crippen molar-refractivity contribution in [1.29, 1.82) is 0 Å². The predicted octanol–water partition coefficient (Wildman–Crippen LogP) is 1.58. The molecule has 1 atom stereocenters. The van der Waals surface area contributed by atoms with Crippen molar-refractivity contribution < 1.29 is 13.2 Å². The first-order valence-corrected chi connectivity index (χ1v) is 5.88. The van der Waals surface area contributed by atoms with Crippen molar-refractivity contribution in [3.63, 3.8) is 0 Å². The summed E-state index contributed by atoms with van der Waals surface area (Å²) in [6.07, 6.45) is -2.70. The molecule has 1 unspecified atom stereocenters. The van der Waals surface area contributed by atoms with Gasteiger partial charge in [0, 0.05) is 7.05 Å². The number of alkyl halides is 3. The van der Waals surface area contributed by atoms with Gasteiger partial charge in [0.15, 0.2) is 0 Å². The number of hydrogen-bond acceptors (Lipinski definition) is 4. The summed E-state index contributed by atoms with van der Waals surface area (Å²) in [5.41, 5.74) is 2.39. The fraction of sp³-hybridized carbons (Fsp3) is 0.333. The molecule has 0 saturated carbocycles. The maximum Gasteiger partial charge on any atom is 0.416 e. The van der Waals surface area contributed by atoms with E-state index in [0.717, 1.165) is 12.1 Å². The van der Waals surface area contributed by atoms with Crippen LogP contribution < -0.4 is 11.3 Å². The van der Waals surface area contributed by atoms with Gasteiger partial charge in [-0.1, -0.05) is 18.2 Å². The Kier molecular flexibility index (Phi) is 4.05. The van der Waals surface area contributed by atoms with Crippen LogP contribution in [0.4, 0.5) is 13.2 Å². The summed E-state index contributed by atoms with van der Waals surface area (Å²) in [6, 6.07) is 4.74. The van der Waals surface area contributed by atoms with Crippen molar-refractivity contribution >= 4 is 0 Å². The topological polar surface area (TPSA) is 68.8 Å². The third-order valence-corrected chi connectivity index (χ3v) is 2.95. The van der Waals surface area contributed by atoms with E-state index in [2.05, 4.69) is 15.5 Å². The number of hydrazine groups is 1. The van der Waals surface area contributed by atoms with Crippen LogP contribution >= 0.6 is 0 Å². The van der Waals surface area contributed by atoms with E-state index in [9.17, 15) is 13.2 Å². The van der Waals surface area contributed by atoms with E-state index in [1.807, 2.05) is 0 Å². The van der Waals surface area contributed by atoms with Crippen molar-refractivity contribution in [1.82, 2.24) is 20.2 Å². The van der Waals surface area contributed by atoms with Crippen LogP contribution in [0, 0.1) is 0 Å². The van der Waals surface area contributed by atoms with Gasteiger partial charge in [-0.3, -0.25) is 10.5 Å². The summed E-state index contributed by atoms with van der Waals surface area (Å²) < 4.78 is 39.5. The molecule has 1 aromatic heterocycles. The van der Waals surface area contributed by atoms with Crippen LogP contribution in [0.5, 0.6) is 0 Å². The molecular weight excluding hydrogens is 271 g/mol. The molecule has 1 heterocycles. The monoisotopic (exact) mass is 285 g/mol. The molecule has 0 aliphatic carbocycles. The highest BCUT2D eigenvalue weighted by molar-refractivity contribution is 5.26. The molecule has 0 radical (unpaired) electrons. The normalized spacial score (nSPS) is 13.4. The minimum Gasteiger partial charge on any atom is -0.271 e. The second-order valence-corrected chi connectivity index (χ2v) is 4.36. The van der Waals surface area contributed by atoms with Crippen LogP contribution in [-0.2, 0) is 19.6 Å². The highest BCUT2D eigenvalue weighted by atomic mass is 19.4. The number of aromatic nitrogens is 3. The maximum atomic E-state index is 12.7. The minimum atomic E-state index is -4.35. The van der Waals surface area contributed by atoms with Crippen molar-refractivity contribution in [3.05, 3.63) is 47.5 Å². The molecule has 0 aliphatic heterocycles. The maximum absolute atomic E-state index is 12.7. The molecule has 2 rings (SSSR count). The van der Waals surface area contributed by atoms with Gasteiger partial charge in [0.25, 0.3) is 0 Å². The smallest absolute Gasteiger partial charge is 0.271 e. The Hall–Kier alpha value is -1.93. The Morgan fingerprint density at radius 3 is 2.70 bits per heavy atom. The number of rotatable bonds is 4. The SMILES string of the molecule is Cn1ncnc1C(Cc1cccc(C(F)(F)F)c1)NN. The number of aryl methyl sites for hydroxylation is 1. The predicted molar refractivity (Wildman–Crippen MR) is 66.2 cm³/mol. The van der Waals surface area contributed by atoms with Crippen LogP contribution in [0.25, 0.3) is 0 Å². The van der Waals surface area contributed by atoms with E-state index >= 15 is 0 Å². The summed E-state index contributed by atoms with van der Waals surface area (Å²) in [7, 11) is 1.69. The lowest BCUT2D eigenvalue weighted by atomic mass is 10.0. The summed E-state index contributed by atoms with van der Waals surface area (Å²) in [6.45, 7) is 0. The average molecular weight is 285 g/mol. The number of halogens is 3. The van der Waals surface area contributed by atoms with Crippen molar-refractivity contribution in [2.45, 2.75) is 18.6 Å². The molecule has 5 nitrogen and oxygen atoms in total. The van der Waals surface area contributed by atoms with Crippen LogP contribution in [0.3, 0.4) is 0 Å². The molecule has 0 saturated heterocycles. The second-order valence-electron chi connectivity index (χ2n) is 4.36. The van der Waals surface area contributed by atoms with Gasteiger partial charge >= 0.3 is 6.18 Å². The summed E-state index contributed by atoms with van der Waals surface area (Å²) >= 11 is 0. The first kappa shape index (κ1) is 14.5. The van der Waals surface area contributed by atoms with Gasteiger partial charge < -0.3 is 0 Å². The molecule has 0 aliphatic rings. The lowest BCUT2D eigenvalue weighted by Gasteiger charge is -2.16. The standard InChI is InChI=1S/C12H14F3N5/c1-20-11(17-7-18-20)10(19-16)6-8-3-2-4-9(5-8)12(13,14)15/h2-5,7,10,19H,6,16H2,1H3. The lowest BCUT2D eigenvalue weighted by molar-refractivity contribution is -0.137. The van der Waals surface area contributed by atoms with E-state index in [-0.39, 0.29) is 6.42 Å². The Labute approximate surface area is 113 Å². The molecule has 2 aromatic rings. The van der Waals surface area contributed by atoms with Crippen molar-refractivity contribution in [2.24, 2.45) is 12.9 Å². The first-order valence-electron chi connectivity index (χ1n) is 5.88. The summed E-state index contributed by atoms with van der Waals surface area (Å²) in [5.74, 6) is 6.01. The molecule has 1 aromatic carbocycles.